The zero-order valence-electron chi connectivity index (χ0n) is 21.3. The summed E-state index contributed by atoms with van der Waals surface area (Å²) in [5.41, 5.74) is 0.594. The summed E-state index contributed by atoms with van der Waals surface area (Å²) in [6, 6.07) is 0.432. The third-order valence-electron chi connectivity index (χ3n) is 10.9. The molecule has 3 saturated carbocycles. The van der Waals surface area contributed by atoms with Gasteiger partial charge in [-0.2, -0.15) is 0 Å². The van der Waals surface area contributed by atoms with E-state index in [1.165, 1.54) is 38.5 Å². The van der Waals surface area contributed by atoms with E-state index < -0.39 is 0 Å². The van der Waals surface area contributed by atoms with Crippen molar-refractivity contribution in [3.63, 3.8) is 0 Å². The number of esters is 1. The smallest absolute Gasteiger partial charge is 0.308 e. The van der Waals surface area contributed by atoms with E-state index in [-0.39, 0.29) is 17.3 Å². The Morgan fingerprint density at radius 1 is 1.06 bits per heavy atom. The minimum Gasteiger partial charge on any atom is -0.465 e. The topological polar surface area (TPSA) is 46.6 Å². The summed E-state index contributed by atoms with van der Waals surface area (Å²) in [6.07, 6.45) is 13.4. The lowest BCUT2D eigenvalue weighted by atomic mass is 9.47. The Hall–Kier alpha value is -1.06. The van der Waals surface area contributed by atoms with Gasteiger partial charge >= 0.3 is 5.97 Å². The number of likely N-dealkylation sites (tertiary alicyclic amines) is 1. The summed E-state index contributed by atoms with van der Waals surface area (Å²) in [5.74, 6) is 3.27. The lowest BCUT2D eigenvalue weighted by molar-refractivity contribution is -0.161. The first kappa shape index (κ1) is 24.1. The Balaban J connectivity index is 1.42. The van der Waals surface area contributed by atoms with Gasteiger partial charge in [-0.05, 0) is 92.3 Å². The minimum absolute atomic E-state index is 0.0459. The third kappa shape index (κ3) is 3.92. The number of fused-ring (bicyclic) bond motifs is 5. The molecule has 3 aliphatic carbocycles. The van der Waals surface area contributed by atoms with Gasteiger partial charge < -0.3 is 9.64 Å². The average Bonchev–Trinajstić information content (AvgIpc) is 3.12. The maximum Gasteiger partial charge on any atom is 0.308 e. The van der Waals surface area contributed by atoms with Crippen molar-refractivity contribution >= 4 is 11.9 Å². The molecule has 4 aliphatic rings. The van der Waals surface area contributed by atoms with Crippen LogP contribution in [0.15, 0.2) is 0 Å². The molecule has 0 radical (unpaired) electrons. The van der Waals surface area contributed by atoms with E-state index >= 15 is 0 Å². The van der Waals surface area contributed by atoms with Crippen LogP contribution in [0.2, 0.25) is 0 Å². The van der Waals surface area contributed by atoms with Crippen molar-refractivity contribution in [2.45, 2.75) is 111 Å². The van der Waals surface area contributed by atoms with E-state index in [1.807, 2.05) is 7.05 Å². The second-order valence-electron chi connectivity index (χ2n) is 12.2. The molecular formula is C28H47NO3. The van der Waals surface area contributed by atoms with Crippen LogP contribution in [-0.4, -0.2) is 36.5 Å². The fourth-order valence-corrected chi connectivity index (χ4v) is 8.77. The van der Waals surface area contributed by atoms with E-state index in [0.717, 1.165) is 56.3 Å². The molecule has 0 bridgehead atoms. The molecule has 4 rings (SSSR count). The Kier molecular flexibility index (Phi) is 6.99. The molecule has 0 aromatic carbocycles. The highest BCUT2D eigenvalue weighted by Crippen LogP contribution is 2.66. The third-order valence-corrected chi connectivity index (χ3v) is 10.9. The second-order valence-corrected chi connectivity index (χ2v) is 12.2. The van der Waals surface area contributed by atoms with Crippen molar-refractivity contribution in [3.8, 4) is 0 Å². The number of carbonyl (C=O) groups is 2. The SMILES string of the molecule is CCCCC(CC)C(=O)OCC1CC[C@H]2[C@@H]3CC[C@H]4N(C)C(=O)CC[C@]4(C)[C@H]3CC[C@]12C. The molecule has 1 amide bonds. The molecule has 4 heteroatoms. The van der Waals surface area contributed by atoms with E-state index in [1.54, 1.807) is 0 Å². The monoisotopic (exact) mass is 445 g/mol. The molecule has 0 aromatic heterocycles. The molecule has 1 heterocycles. The number of unbranched alkanes of at least 4 members (excludes halogenated alkanes) is 1. The molecule has 32 heavy (non-hydrogen) atoms. The number of hydrogen-bond donors (Lipinski definition) is 0. The molecule has 4 nitrogen and oxygen atoms in total. The largest absolute Gasteiger partial charge is 0.465 e. The summed E-state index contributed by atoms with van der Waals surface area (Å²) in [5, 5.41) is 0. The molecule has 1 saturated heterocycles. The van der Waals surface area contributed by atoms with Gasteiger partial charge in [0.25, 0.3) is 0 Å². The summed E-state index contributed by atoms with van der Waals surface area (Å²) < 4.78 is 5.97. The van der Waals surface area contributed by atoms with Crippen LogP contribution in [0.4, 0.5) is 0 Å². The summed E-state index contributed by atoms with van der Waals surface area (Å²) in [7, 11) is 2.04. The zero-order chi connectivity index (χ0) is 23.1. The molecular weight excluding hydrogens is 398 g/mol. The zero-order valence-corrected chi connectivity index (χ0v) is 21.3. The molecule has 8 atom stereocenters. The van der Waals surface area contributed by atoms with E-state index in [9.17, 15) is 9.59 Å². The van der Waals surface area contributed by atoms with Gasteiger partial charge in [-0.1, -0.05) is 40.5 Å². The summed E-state index contributed by atoms with van der Waals surface area (Å²) in [4.78, 5) is 27.2. The molecule has 2 unspecified atom stereocenters. The van der Waals surface area contributed by atoms with Crippen molar-refractivity contribution in [1.82, 2.24) is 4.90 Å². The first-order chi connectivity index (χ1) is 15.3. The van der Waals surface area contributed by atoms with E-state index in [2.05, 4.69) is 32.6 Å². The Labute approximate surface area is 196 Å². The van der Waals surface area contributed by atoms with Gasteiger partial charge in [0.2, 0.25) is 5.91 Å². The van der Waals surface area contributed by atoms with Gasteiger partial charge in [-0.15, -0.1) is 0 Å². The number of carbonyl (C=O) groups excluding carboxylic acids is 2. The fraction of sp³-hybridized carbons (Fsp3) is 0.929. The van der Waals surface area contributed by atoms with E-state index in [4.69, 9.17) is 4.74 Å². The van der Waals surface area contributed by atoms with Gasteiger partial charge in [0.1, 0.15) is 0 Å². The molecule has 182 valence electrons. The van der Waals surface area contributed by atoms with Crippen LogP contribution in [0.1, 0.15) is 105 Å². The first-order valence-electron chi connectivity index (χ1n) is 13.7. The highest BCUT2D eigenvalue weighted by atomic mass is 16.5. The second kappa shape index (κ2) is 9.29. The van der Waals surface area contributed by atoms with Crippen molar-refractivity contribution in [2.75, 3.05) is 13.7 Å². The lowest BCUT2D eigenvalue weighted by Crippen LogP contribution is -2.61. The maximum atomic E-state index is 12.7. The van der Waals surface area contributed by atoms with Gasteiger partial charge in [0.05, 0.1) is 12.5 Å². The minimum atomic E-state index is 0.0459. The number of nitrogens with zero attached hydrogens (tertiary/aromatic N) is 1. The molecule has 0 aromatic rings. The van der Waals surface area contributed by atoms with Gasteiger partial charge in [0.15, 0.2) is 0 Å². The van der Waals surface area contributed by atoms with Crippen LogP contribution in [-0.2, 0) is 14.3 Å². The molecule has 1 aliphatic heterocycles. The van der Waals surface area contributed by atoms with Crippen LogP contribution < -0.4 is 0 Å². The maximum absolute atomic E-state index is 12.7. The van der Waals surface area contributed by atoms with Crippen LogP contribution in [0, 0.1) is 40.4 Å². The number of piperidine rings is 1. The summed E-state index contributed by atoms with van der Waals surface area (Å²) >= 11 is 0. The van der Waals surface area contributed by atoms with Crippen LogP contribution in [0.3, 0.4) is 0 Å². The molecule has 0 N–H and O–H groups in total. The predicted molar refractivity (Wildman–Crippen MR) is 128 cm³/mol. The molecule has 0 spiro atoms. The van der Waals surface area contributed by atoms with E-state index in [0.29, 0.717) is 29.9 Å². The van der Waals surface area contributed by atoms with Gasteiger partial charge in [-0.3, -0.25) is 9.59 Å². The number of rotatable bonds is 7. The standard InChI is InChI=1S/C28H47NO3/c1-6-8-9-19(7-2)26(31)32-18-20-10-12-22-21-11-13-24-28(4,17-15-25(30)29(24)5)23(21)14-16-27(20,22)3/h19-24H,6-18H2,1-5H3/t19?,20?,21-,22-,23-,24+,27+,28+/m0/s1. The van der Waals surface area contributed by atoms with Crippen molar-refractivity contribution in [1.29, 1.82) is 0 Å². The Morgan fingerprint density at radius 2 is 1.81 bits per heavy atom. The van der Waals surface area contributed by atoms with Crippen molar-refractivity contribution in [2.24, 2.45) is 40.4 Å². The van der Waals surface area contributed by atoms with Crippen molar-refractivity contribution in [3.05, 3.63) is 0 Å². The quantitative estimate of drug-likeness (QED) is 0.437. The van der Waals surface area contributed by atoms with Crippen molar-refractivity contribution < 1.29 is 14.3 Å². The number of ether oxygens (including phenoxy) is 1. The number of hydrogen-bond acceptors (Lipinski definition) is 3. The highest BCUT2D eigenvalue weighted by Gasteiger charge is 2.61. The summed E-state index contributed by atoms with van der Waals surface area (Å²) in [6.45, 7) is 9.94. The Morgan fingerprint density at radius 3 is 2.53 bits per heavy atom. The van der Waals surface area contributed by atoms with Crippen LogP contribution in [0.5, 0.6) is 0 Å². The average molecular weight is 446 g/mol. The van der Waals surface area contributed by atoms with Crippen LogP contribution >= 0.6 is 0 Å². The van der Waals surface area contributed by atoms with Gasteiger partial charge in [-0.25, -0.2) is 0 Å². The first-order valence-corrected chi connectivity index (χ1v) is 13.7. The predicted octanol–water partition coefficient (Wildman–Crippen LogP) is 6.23. The lowest BCUT2D eigenvalue weighted by Gasteiger charge is -2.61. The fourth-order valence-electron chi connectivity index (χ4n) is 8.77. The Bertz CT molecular complexity index is 707. The normalized spacial score (nSPS) is 42.1. The van der Waals surface area contributed by atoms with Crippen LogP contribution in [0.25, 0.3) is 0 Å². The molecule has 4 fully saturated rings. The van der Waals surface area contributed by atoms with Gasteiger partial charge in [0, 0.05) is 19.5 Å². The highest BCUT2D eigenvalue weighted by molar-refractivity contribution is 5.77. The number of amides is 1.